The van der Waals surface area contributed by atoms with Crippen molar-refractivity contribution in [1.82, 2.24) is 0 Å². The zero-order valence-electron chi connectivity index (χ0n) is 10.0. The molecule has 0 heterocycles. The van der Waals surface area contributed by atoms with Crippen LogP contribution in [0.1, 0.15) is 0 Å². The molecule has 0 fully saturated rings. The molecule has 3 aromatic rings. The normalized spacial score (nSPS) is 10.8. The van der Waals surface area contributed by atoms with Gasteiger partial charge in [-0.05, 0) is 41.1 Å². The van der Waals surface area contributed by atoms with Crippen LogP contribution in [-0.4, -0.2) is 5.11 Å². The Hall–Kier alpha value is -1.45. The molecule has 0 aliphatic carbocycles. The lowest BCUT2D eigenvalue weighted by Crippen LogP contribution is -1.80. The molecule has 0 radical (unpaired) electrons. The third-order valence-electron chi connectivity index (χ3n) is 2.89. The van der Waals surface area contributed by atoms with Crippen molar-refractivity contribution in [2.24, 2.45) is 0 Å². The zero-order chi connectivity index (χ0) is 13.2. The predicted molar refractivity (Wildman–Crippen MR) is 83.9 cm³/mol. The number of rotatable bonds is 2. The van der Waals surface area contributed by atoms with Gasteiger partial charge in [0.25, 0.3) is 0 Å². The van der Waals surface area contributed by atoms with E-state index in [0.717, 1.165) is 25.0 Å². The predicted octanol–water partition coefficient (Wildman–Crippen LogP) is 5.46. The Morgan fingerprint density at radius 1 is 0.842 bits per heavy atom. The second kappa shape index (κ2) is 5.27. The second-order valence-electron chi connectivity index (χ2n) is 4.19. The number of phenols is 1. The minimum absolute atomic E-state index is 0.326. The summed E-state index contributed by atoms with van der Waals surface area (Å²) < 4.78 is 1.05. The van der Waals surface area contributed by atoms with Crippen LogP contribution in [0.4, 0.5) is 0 Å². The Balaban J connectivity index is 2.09. The average Bonchev–Trinajstić information content (AvgIpc) is 2.44. The summed E-state index contributed by atoms with van der Waals surface area (Å²) in [4.78, 5) is 2.01. The molecule has 0 saturated carbocycles. The molecule has 0 spiro atoms. The maximum Gasteiger partial charge on any atom is 0.130 e. The van der Waals surface area contributed by atoms with E-state index in [2.05, 4.69) is 22.0 Å². The lowest BCUT2D eigenvalue weighted by Gasteiger charge is -2.08. The van der Waals surface area contributed by atoms with E-state index >= 15 is 0 Å². The van der Waals surface area contributed by atoms with Crippen molar-refractivity contribution in [3.05, 3.63) is 65.1 Å². The Bertz CT molecular complexity index is 722. The van der Waals surface area contributed by atoms with E-state index in [0.29, 0.717) is 5.75 Å². The molecule has 1 N–H and O–H groups in total. The number of halogens is 1. The van der Waals surface area contributed by atoms with Gasteiger partial charge in [0, 0.05) is 9.37 Å². The lowest BCUT2D eigenvalue weighted by atomic mass is 10.1. The van der Waals surface area contributed by atoms with Gasteiger partial charge in [0.15, 0.2) is 0 Å². The Morgan fingerprint density at radius 3 is 2.37 bits per heavy atom. The first-order valence-corrected chi connectivity index (χ1v) is 7.49. The molecule has 0 unspecified atom stereocenters. The third kappa shape index (κ3) is 2.62. The van der Waals surface area contributed by atoms with Crippen molar-refractivity contribution in [2.75, 3.05) is 0 Å². The Morgan fingerprint density at radius 2 is 1.58 bits per heavy atom. The van der Waals surface area contributed by atoms with Gasteiger partial charge in [-0.15, -0.1) is 0 Å². The highest BCUT2D eigenvalue weighted by Crippen LogP contribution is 2.39. The molecule has 0 amide bonds. The van der Waals surface area contributed by atoms with E-state index < -0.39 is 0 Å². The standard InChI is InChI=1S/C16H11BrOS/c17-12-6-8-13(9-7-12)19-16-14-4-2-1-3-11(14)5-10-15(16)18/h1-10,18H. The van der Waals surface area contributed by atoms with Gasteiger partial charge >= 0.3 is 0 Å². The van der Waals surface area contributed by atoms with Crippen LogP contribution in [-0.2, 0) is 0 Å². The van der Waals surface area contributed by atoms with Gasteiger partial charge < -0.3 is 5.11 Å². The molecule has 3 heteroatoms. The summed E-state index contributed by atoms with van der Waals surface area (Å²) in [7, 11) is 0. The summed E-state index contributed by atoms with van der Waals surface area (Å²) in [6.07, 6.45) is 0. The molecule has 19 heavy (non-hydrogen) atoms. The monoisotopic (exact) mass is 330 g/mol. The first-order valence-electron chi connectivity index (χ1n) is 5.88. The molecule has 0 saturated heterocycles. The van der Waals surface area contributed by atoms with Crippen LogP contribution in [0.5, 0.6) is 5.75 Å². The van der Waals surface area contributed by atoms with Crippen LogP contribution < -0.4 is 0 Å². The van der Waals surface area contributed by atoms with Gasteiger partial charge in [-0.2, -0.15) is 0 Å². The smallest absolute Gasteiger partial charge is 0.130 e. The SMILES string of the molecule is Oc1ccc2ccccc2c1Sc1ccc(Br)cc1. The van der Waals surface area contributed by atoms with E-state index in [1.807, 2.05) is 48.5 Å². The first-order chi connectivity index (χ1) is 9.24. The summed E-state index contributed by atoms with van der Waals surface area (Å²) in [5.74, 6) is 0.326. The largest absolute Gasteiger partial charge is 0.507 e. The highest BCUT2D eigenvalue weighted by molar-refractivity contribution is 9.10. The van der Waals surface area contributed by atoms with Crippen molar-refractivity contribution >= 4 is 38.5 Å². The van der Waals surface area contributed by atoms with E-state index in [1.54, 1.807) is 17.8 Å². The number of fused-ring (bicyclic) bond motifs is 1. The van der Waals surface area contributed by atoms with Crippen LogP contribution in [0.3, 0.4) is 0 Å². The molecule has 0 aliphatic rings. The second-order valence-corrected chi connectivity index (χ2v) is 6.19. The highest BCUT2D eigenvalue weighted by Gasteiger charge is 2.08. The fourth-order valence-electron chi connectivity index (χ4n) is 1.96. The van der Waals surface area contributed by atoms with Gasteiger partial charge in [-0.3, -0.25) is 0 Å². The quantitative estimate of drug-likeness (QED) is 0.673. The molecule has 1 nitrogen and oxygen atoms in total. The van der Waals surface area contributed by atoms with Gasteiger partial charge in [0.1, 0.15) is 5.75 Å². The molecule has 3 aromatic carbocycles. The minimum atomic E-state index is 0.326. The van der Waals surface area contributed by atoms with Crippen LogP contribution in [0.2, 0.25) is 0 Å². The van der Waals surface area contributed by atoms with Crippen LogP contribution in [0.25, 0.3) is 10.8 Å². The van der Waals surface area contributed by atoms with Crippen LogP contribution in [0.15, 0.2) is 74.9 Å². The highest BCUT2D eigenvalue weighted by atomic mass is 79.9. The molecule has 0 atom stereocenters. The molecule has 0 aromatic heterocycles. The van der Waals surface area contributed by atoms with Crippen molar-refractivity contribution in [3.63, 3.8) is 0 Å². The minimum Gasteiger partial charge on any atom is -0.507 e. The lowest BCUT2D eigenvalue weighted by molar-refractivity contribution is 0.464. The van der Waals surface area contributed by atoms with Gasteiger partial charge in [0.2, 0.25) is 0 Å². The van der Waals surface area contributed by atoms with Crippen molar-refractivity contribution < 1.29 is 5.11 Å². The van der Waals surface area contributed by atoms with Crippen molar-refractivity contribution in [3.8, 4) is 5.75 Å². The fraction of sp³-hybridized carbons (Fsp3) is 0. The number of aromatic hydroxyl groups is 1. The topological polar surface area (TPSA) is 20.2 Å². The maximum atomic E-state index is 10.1. The number of hydrogen-bond donors (Lipinski definition) is 1. The maximum absolute atomic E-state index is 10.1. The van der Waals surface area contributed by atoms with E-state index in [9.17, 15) is 5.11 Å². The summed E-state index contributed by atoms with van der Waals surface area (Å²) in [6, 6.07) is 19.9. The van der Waals surface area contributed by atoms with Gasteiger partial charge in [-0.1, -0.05) is 58.0 Å². The Labute approximate surface area is 124 Å². The van der Waals surface area contributed by atoms with Gasteiger partial charge in [-0.25, -0.2) is 0 Å². The summed E-state index contributed by atoms with van der Waals surface area (Å²) in [6.45, 7) is 0. The molecule has 0 aliphatic heterocycles. The molecule has 94 valence electrons. The molecule has 0 bridgehead atoms. The van der Waals surface area contributed by atoms with Gasteiger partial charge in [0.05, 0.1) is 4.90 Å². The molecular weight excluding hydrogens is 320 g/mol. The molecule has 3 rings (SSSR count). The summed E-state index contributed by atoms with van der Waals surface area (Å²) in [5, 5.41) is 12.3. The summed E-state index contributed by atoms with van der Waals surface area (Å²) >= 11 is 5.01. The molecular formula is C16H11BrOS. The first kappa shape index (κ1) is 12.6. The zero-order valence-corrected chi connectivity index (χ0v) is 12.4. The average molecular weight is 331 g/mol. The van der Waals surface area contributed by atoms with Crippen molar-refractivity contribution in [2.45, 2.75) is 9.79 Å². The van der Waals surface area contributed by atoms with Crippen LogP contribution in [0, 0.1) is 0 Å². The fourth-order valence-corrected chi connectivity index (χ4v) is 3.20. The summed E-state index contributed by atoms with van der Waals surface area (Å²) in [5.41, 5.74) is 0. The number of benzene rings is 3. The van der Waals surface area contributed by atoms with Crippen molar-refractivity contribution in [1.29, 1.82) is 0 Å². The van der Waals surface area contributed by atoms with E-state index in [-0.39, 0.29) is 0 Å². The van der Waals surface area contributed by atoms with E-state index in [1.165, 1.54) is 0 Å². The number of phenolic OH excluding ortho intramolecular Hbond substituents is 1. The third-order valence-corrected chi connectivity index (χ3v) is 4.56. The van der Waals surface area contributed by atoms with Crippen LogP contribution >= 0.6 is 27.7 Å². The number of hydrogen-bond acceptors (Lipinski definition) is 2. The van der Waals surface area contributed by atoms with E-state index in [4.69, 9.17) is 0 Å². The Kier molecular flexibility index (Phi) is 3.49.